The molecule has 3 aromatic rings. The number of fused-ring (bicyclic) bond motifs is 1. The molecule has 1 aliphatic heterocycles. The lowest BCUT2D eigenvalue weighted by atomic mass is 10.0. The van der Waals surface area contributed by atoms with E-state index in [2.05, 4.69) is 29.4 Å². The first-order chi connectivity index (χ1) is 15.0. The van der Waals surface area contributed by atoms with Crippen LogP contribution in [-0.2, 0) is 6.42 Å². The van der Waals surface area contributed by atoms with Crippen molar-refractivity contribution in [2.24, 2.45) is 5.92 Å². The van der Waals surface area contributed by atoms with Crippen LogP contribution >= 0.6 is 0 Å². The molecule has 0 unspecified atom stereocenters. The summed E-state index contributed by atoms with van der Waals surface area (Å²) in [6.45, 7) is 4.38. The molecule has 31 heavy (non-hydrogen) atoms. The van der Waals surface area contributed by atoms with E-state index in [0.717, 1.165) is 17.7 Å². The smallest absolute Gasteiger partial charge is 0.255 e. The van der Waals surface area contributed by atoms with Crippen LogP contribution in [0.2, 0.25) is 0 Å². The number of nitrogens with zero attached hydrogens (tertiary/aromatic N) is 1. The van der Waals surface area contributed by atoms with Gasteiger partial charge < -0.3 is 24.3 Å². The largest absolute Gasteiger partial charge is 0.493 e. The van der Waals surface area contributed by atoms with Crippen LogP contribution in [0.4, 0.5) is 5.69 Å². The Balaban J connectivity index is 1.70. The van der Waals surface area contributed by atoms with Gasteiger partial charge in [-0.2, -0.15) is 5.10 Å². The first-order valence-corrected chi connectivity index (χ1v) is 10.0. The van der Waals surface area contributed by atoms with E-state index in [1.54, 1.807) is 32.4 Å². The number of H-pyrrole nitrogens is 1. The first kappa shape index (κ1) is 20.6. The summed E-state index contributed by atoms with van der Waals surface area (Å²) >= 11 is 0. The molecule has 0 atom stereocenters. The van der Waals surface area contributed by atoms with E-state index < -0.39 is 0 Å². The van der Waals surface area contributed by atoms with Crippen molar-refractivity contribution in [2.75, 3.05) is 26.3 Å². The minimum absolute atomic E-state index is 0.157. The Hall–Kier alpha value is -3.68. The summed E-state index contributed by atoms with van der Waals surface area (Å²) in [4.78, 5) is 13.1. The van der Waals surface area contributed by atoms with E-state index in [4.69, 9.17) is 18.9 Å². The summed E-state index contributed by atoms with van der Waals surface area (Å²) in [6, 6.07) is 10.7. The van der Waals surface area contributed by atoms with Crippen LogP contribution in [0, 0.1) is 5.92 Å². The maximum atomic E-state index is 13.1. The number of hydrogen-bond donors (Lipinski definition) is 2. The average Bonchev–Trinajstić information content (AvgIpc) is 3.39. The number of rotatable bonds is 7. The molecule has 4 rings (SSSR count). The molecule has 8 nitrogen and oxygen atoms in total. The van der Waals surface area contributed by atoms with Crippen LogP contribution in [0.3, 0.4) is 0 Å². The van der Waals surface area contributed by atoms with Crippen LogP contribution in [0.1, 0.15) is 29.9 Å². The highest BCUT2D eigenvalue weighted by Gasteiger charge is 2.22. The van der Waals surface area contributed by atoms with Gasteiger partial charge in [-0.3, -0.25) is 9.89 Å². The minimum Gasteiger partial charge on any atom is -0.493 e. The van der Waals surface area contributed by atoms with E-state index in [1.165, 1.54) is 0 Å². The van der Waals surface area contributed by atoms with Gasteiger partial charge in [0.1, 0.15) is 5.69 Å². The van der Waals surface area contributed by atoms with E-state index in [0.29, 0.717) is 45.9 Å². The predicted molar refractivity (Wildman–Crippen MR) is 116 cm³/mol. The molecule has 2 N–H and O–H groups in total. The number of anilines is 1. The third kappa shape index (κ3) is 4.14. The van der Waals surface area contributed by atoms with Crippen LogP contribution in [0.25, 0.3) is 11.3 Å². The Kier molecular flexibility index (Phi) is 5.70. The average molecular weight is 423 g/mol. The number of nitrogens with one attached hydrogen (secondary N) is 2. The maximum Gasteiger partial charge on any atom is 0.255 e. The van der Waals surface area contributed by atoms with Gasteiger partial charge in [-0.05, 0) is 48.7 Å². The maximum absolute atomic E-state index is 13.1. The third-order valence-electron chi connectivity index (χ3n) is 4.98. The molecule has 1 amide bonds. The monoisotopic (exact) mass is 423 g/mol. The highest BCUT2D eigenvalue weighted by molar-refractivity contribution is 6.06. The Morgan fingerprint density at radius 3 is 2.61 bits per heavy atom. The molecule has 0 fully saturated rings. The van der Waals surface area contributed by atoms with Gasteiger partial charge in [0, 0.05) is 11.1 Å². The van der Waals surface area contributed by atoms with E-state index >= 15 is 0 Å². The first-order valence-electron chi connectivity index (χ1n) is 10.0. The van der Waals surface area contributed by atoms with E-state index in [1.807, 2.05) is 18.2 Å². The van der Waals surface area contributed by atoms with Gasteiger partial charge in [0.2, 0.25) is 6.79 Å². The van der Waals surface area contributed by atoms with Crippen molar-refractivity contribution < 1.29 is 23.7 Å². The summed E-state index contributed by atoms with van der Waals surface area (Å²) in [5.41, 5.74) is 3.40. The highest BCUT2D eigenvalue weighted by Crippen LogP contribution is 2.37. The van der Waals surface area contributed by atoms with Gasteiger partial charge in [0.25, 0.3) is 5.91 Å². The molecule has 0 radical (unpaired) electrons. The lowest BCUT2D eigenvalue weighted by Gasteiger charge is -2.12. The zero-order chi connectivity index (χ0) is 22.0. The zero-order valence-corrected chi connectivity index (χ0v) is 17.9. The lowest BCUT2D eigenvalue weighted by molar-refractivity contribution is 0.102. The van der Waals surface area contributed by atoms with Gasteiger partial charge in [-0.15, -0.1) is 0 Å². The van der Waals surface area contributed by atoms with Crippen molar-refractivity contribution in [1.82, 2.24) is 10.2 Å². The Labute approximate surface area is 180 Å². The number of amides is 1. The molecular formula is C23H25N3O5. The minimum atomic E-state index is -0.258. The number of carbonyl (C=O) groups is 1. The number of methoxy groups -OCH3 is 2. The quantitative estimate of drug-likeness (QED) is 0.589. The predicted octanol–water partition coefficient (Wildman–Crippen LogP) is 4.27. The molecule has 0 aliphatic carbocycles. The van der Waals surface area contributed by atoms with Crippen molar-refractivity contribution in [1.29, 1.82) is 0 Å². The number of aromatic nitrogens is 2. The van der Waals surface area contributed by atoms with Crippen LogP contribution in [-0.4, -0.2) is 37.1 Å². The molecule has 0 spiro atoms. The summed E-state index contributed by atoms with van der Waals surface area (Å²) in [7, 11) is 3.17. The fraction of sp³-hybridized carbons (Fsp3) is 0.304. The SMILES string of the molecule is COc1ccc(-c2n[nH]c(CC(C)C)c2NC(=O)c2ccc3c(c2)OCO3)cc1OC. The van der Waals surface area contributed by atoms with E-state index in [9.17, 15) is 4.79 Å². The second kappa shape index (κ2) is 8.59. The summed E-state index contributed by atoms with van der Waals surface area (Å²) in [5.74, 6) is 2.51. The fourth-order valence-electron chi connectivity index (χ4n) is 3.48. The molecule has 0 saturated carbocycles. The van der Waals surface area contributed by atoms with Gasteiger partial charge >= 0.3 is 0 Å². The van der Waals surface area contributed by atoms with Gasteiger partial charge in [-0.1, -0.05) is 13.8 Å². The molecule has 0 bridgehead atoms. The van der Waals surface area contributed by atoms with Crippen molar-refractivity contribution in [2.45, 2.75) is 20.3 Å². The number of aromatic amines is 1. The summed E-state index contributed by atoms with van der Waals surface area (Å²) in [5, 5.41) is 10.6. The third-order valence-corrected chi connectivity index (χ3v) is 4.98. The molecular weight excluding hydrogens is 398 g/mol. The molecule has 1 aliphatic rings. The second-order valence-electron chi connectivity index (χ2n) is 7.62. The van der Waals surface area contributed by atoms with Crippen molar-refractivity contribution in [3.05, 3.63) is 47.7 Å². The Morgan fingerprint density at radius 1 is 1.10 bits per heavy atom. The van der Waals surface area contributed by atoms with Crippen LogP contribution in [0.15, 0.2) is 36.4 Å². The number of hydrogen-bond acceptors (Lipinski definition) is 6. The lowest BCUT2D eigenvalue weighted by Crippen LogP contribution is -2.14. The van der Waals surface area contributed by atoms with Crippen LogP contribution < -0.4 is 24.3 Å². The number of benzene rings is 2. The Morgan fingerprint density at radius 2 is 1.87 bits per heavy atom. The van der Waals surface area contributed by atoms with Crippen molar-refractivity contribution in [3.63, 3.8) is 0 Å². The highest BCUT2D eigenvalue weighted by atomic mass is 16.7. The molecule has 2 aromatic carbocycles. The second-order valence-corrected chi connectivity index (χ2v) is 7.62. The summed E-state index contributed by atoms with van der Waals surface area (Å²) < 4.78 is 21.5. The molecule has 162 valence electrons. The van der Waals surface area contributed by atoms with E-state index in [-0.39, 0.29) is 12.7 Å². The molecule has 1 aromatic heterocycles. The molecule has 0 saturated heterocycles. The number of ether oxygens (including phenoxy) is 4. The van der Waals surface area contributed by atoms with Crippen molar-refractivity contribution >= 4 is 11.6 Å². The van der Waals surface area contributed by atoms with Gasteiger partial charge in [0.05, 0.1) is 25.6 Å². The Bertz CT molecular complexity index is 1110. The molecule has 8 heteroatoms. The fourth-order valence-corrected chi connectivity index (χ4v) is 3.48. The van der Waals surface area contributed by atoms with Crippen LogP contribution in [0.5, 0.6) is 23.0 Å². The standard InChI is InChI=1S/C23H25N3O5/c1-13(2)9-16-22(24-23(27)15-6-8-18-20(11-15)31-12-30-18)21(26-25-16)14-5-7-17(28-3)19(10-14)29-4/h5-8,10-11,13H,9,12H2,1-4H3,(H,24,27)(H,25,26). The topological polar surface area (TPSA) is 94.7 Å². The van der Waals surface area contributed by atoms with Gasteiger partial charge in [0.15, 0.2) is 23.0 Å². The number of carbonyl (C=O) groups excluding carboxylic acids is 1. The van der Waals surface area contributed by atoms with Gasteiger partial charge in [-0.25, -0.2) is 0 Å². The zero-order valence-electron chi connectivity index (χ0n) is 17.9. The molecule has 2 heterocycles. The normalized spacial score (nSPS) is 12.2. The summed E-state index contributed by atoms with van der Waals surface area (Å²) in [6.07, 6.45) is 0.733. The van der Waals surface area contributed by atoms with Crippen molar-refractivity contribution in [3.8, 4) is 34.3 Å².